The molecule has 0 aliphatic carbocycles. The van der Waals surface area contributed by atoms with Crippen LogP contribution in [0.1, 0.15) is 27.6 Å². The summed E-state index contributed by atoms with van der Waals surface area (Å²) in [6.45, 7) is 0.763. The van der Waals surface area contributed by atoms with Gasteiger partial charge in [0.25, 0.3) is 21.8 Å². The van der Waals surface area contributed by atoms with Crippen molar-refractivity contribution in [3.05, 3.63) is 101 Å². The molecule has 3 aromatic carbocycles. The maximum absolute atomic E-state index is 14.7. The third-order valence-corrected chi connectivity index (χ3v) is 7.87. The predicted octanol–water partition coefficient (Wildman–Crippen LogP) is 2.73. The Morgan fingerprint density at radius 1 is 0.825 bits per heavy atom. The quantitative estimate of drug-likeness (QED) is 0.133. The number of hydrogen-bond acceptors (Lipinski definition) is 9. The Morgan fingerprint density at radius 2 is 1.35 bits per heavy atom. The van der Waals surface area contributed by atoms with Crippen LogP contribution in [0.5, 0.6) is 0 Å². The van der Waals surface area contributed by atoms with E-state index in [1.54, 1.807) is 24.3 Å². The first kappa shape index (κ1) is 26.8. The fourth-order valence-corrected chi connectivity index (χ4v) is 5.69. The number of benzene rings is 3. The summed E-state index contributed by atoms with van der Waals surface area (Å²) >= 11 is 0. The highest BCUT2D eigenvalue weighted by Gasteiger charge is 2.62. The average Bonchev–Trinajstić information content (AvgIpc) is 3.32. The van der Waals surface area contributed by atoms with E-state index in [0.29, 0.717) is 41.7 Å². The van der Waals surface area contributed by atoms with Crippen LogP contribution in [0.25, 0.3) is 0 Å². The van der Waals surface area contributed by atoms with Crippen LogP contribution in [-0.2, 0) is 19.6 Å². The first-order valence-electron chi connectivity index (χ1n) is 11.3. The number of nitrogens with zero attached hydrogens (tertiary/aromatic N) is 1. The van der Waals surface area contributed by atoms with Crippen molar-refractivity contribution in [2.24, 2.45) is 0 Å². The van der Waals surface area contributed by atoms with Crippen molar-refractivity contribution in [3.63, 3.8) is 0 Å². The number of ketones is 2. The third kappa shape index (κ3) is 4.13. The van der Waals surface area contributed by atoms with E-state index in [2.05, 4.69) is 10.6 Å². The number of allylic oxidation sites excluding steroid dienone is 1. The summed E-state index contributed by atoms with van der Waals surface area (Å²) < 4.78 is 68.1. The van der Waals surface area contributed by atoms with Crippen LogP contribution in [0.4, 0.5) is 24.5 Å². The molecule has 10 nitrogen and oxygen atoms in total. The minimum Gasteiger partial charge on any atom is -0.372 e. The van der Waals surface area contributed by atoms with E-state index in [9.17, 15) is 45.9 Å². The van der Waals surface area contributed by atoms with Crippen LogP contribution in [0.3, 0.4) is 0 Å². The van der Waals surface area contributed by atoms with Crippen LogP contribution in [0.15, 0.2) is 77.0 Å². The molecule has 0 bridgehead atoms. The second kappa shape index (κ2) is 9.14. The van der Waals surface area contributed by atoms with Gasteiger partial charge in [0.1, 0.15) is 33.7 Å². The Kier molecular flexibility index (Phi) is 6.11. The average molecular weight is 571 g/mol. The van der Waals surface area contributed by atoms with Crippen molar-refractivity contribution in [3.8, 4) is 0 Å². The van der Waals surface area contributed by atoms with Gasteiger partial charge in [0, 0.05) is 17.2 Å². The smallest absolute Gasteiger partial charge is 0.285 e. The summed E-state index contributed by atoms with van der Waals surface area (Å²) in [7, 11) is -5.21. The van der Waals surface area contributed by atoms with E-state index in [-0.39, 0.29) is 10.1 Å². The lowest BCUT2D eigenvalue weighted by molar-refractivity contribution is -0.177. The van der Waals surface area contributed by atoms with Gasteiger partial charge in [-0.1, -0.05) is 12.1 Å². The largest absolute Gasteiger partial charge is 0.372 e. The molecule has 0 spiro atoms. The number of rotatable bonds is 6. The minimum atomic E-state index is -5.21. The van der Waals surface area contributed by atoms with Crippen LogP contribution in [-0.4, -0.2) is 46.8 Å². The molecule has 5 rings (SSSR count). The summed E-state index contributed by atoms with van der Waals surface area (Å²) in [5.74, 6) is -9.28. The summed E-state index contributed by atoms with van der Waals surface area (Å²) in [6.07, 6.45) is 0. The number of nitrogens with one attached hydrogen (secondary N) is 2. The number of carbonyl (C=O) groups is 4. The molecule has 2 aliphatic rings. The number of anilines is 2. The van der Waals surface area contributed by atoms with Crippen molar-refractivity contribution in [1.29, 1.82) is 0 Å². The van der Waals surface area contributed by atoms with Gasteiger partial charge in [-0.3, -0.25) is 19.2 Å². The number of imide groups is 1. The molecule has 0 saturated carbocycles. The summed E-state index contributed by atoms with van der Waals surface area (Å²) in [5, 5.41) is 15.4. The van der Waals surface area contributed by atoms with Gasteiger partial charge >= 0.3 is 0 Å². The summed E-state index contributed by atoms with van der Waals surface area (Å²) in [5.41, 5.74) is -3.61. The number of fused-ring (bicyclic) bond motifs is 1. The van der Waals surface area contributed by atoms with E-state index in [1.165, 1.54) is 0 Å². The predicted molar refractivity (Wildman–Crippen MR) is 132 cm³/mol. The molecule has 2 heterocycles. The number of sulfonamides is 1. The van der Waals surface area contributed by atoms with Crippen LogP contribution >= 0.6 is 0 Å². The van der Waals surface area contributed by atoms with E-state index in [0.717, 1.165) is 13.0 Å². The Bertz CT molecular complexity index is 1750. The Labute approximate surface area is 223 Å². The first-order chi connectivity index (χ1) is 18.7. The lowest BCUT2D eigenvalue weighted by Gasteiger charge is -2.38. The minimum absolute atomic E-state index is 0.209. The Hall–Kier alpha value is -4.82. The fourth-order valence-electron chi connectivity index (χ4n) is 4.12. The van der Waals surface area contributed by atoms with Crippen LogP contribution < -0.4 is 10.6 Å². The Morgan fingerprint density at radius 3 is 1.90 bits per heavy atom. The number of aliphatic hydroxyl groups is 1. The first-order valence-corrected chi connectivity index (χ1v) is 12.8. The van der Waals surface area contributed by atoms with Gasteiger partial charge in [-0.05, 0) is 49.4 Å². The van der Waals surface area contributed by atoms with Crippen molar-refractivity contribution in [1.82, 2.24) is 4.31 Å². The van der Waals surface area contributed by atoms with Crippen molar-refractivity contribution >= 4 is 44.8 Å². The monoisotopic (exact) mass is 571 g/mol. The van der Waals surface area contributed by atoms with Gasteiger partial charge in [0.15, 0.2) is 0 Å². The number of amides is 2. The molecule has 0 atom stereocenters. The lowest BCUT2D eigenvalue weighted by Crippen LogP contribution is -2.71. The van der Waals surface area contributed by atoms with E-state index < -0.39 is 78.1 Å². The molecule has 204 valence electrons. The summed E-state index contributed by atoms with van der Waals surface area (Å²) in [6, 6.07) is 10.3. The number of carbonyl (C=O) groups excluding carboxylic acids is 4. The topological polar surface area (TPSA) is 150 Å². The molecular formula is C26H16F3N3O7S. The molecule has 2 aliphatic heterocycles. The van der Waals surface area contributed by atoms with Gasteiger partial charge < -0.3 is 15.7 Å². The highest BCUT2D eigenvalue weighted by molar-refractivity contribution is 7.90. The number of β-lactam (4-membered cyclic amide) rings is 2. The zero-order valence-electron chi connectivity index (χ0n) is 20.2. The van der Waals surface area contributed by atoms with Gasteiger partial charge in [-0.2, -0.15) is 4.31 Å². The van der Waals surface area contributed by atoms with Crippen LogP contribution in [0.2, 0.25) is 0 Å². The SMILES string of the molecule is CC1(O)C(=O)N(S(=O)(=O)c2cc(C(=O)C(C(=O)c3cc(F)cc(F)c3)=C3Nc4ccccc4N3)ccc2F)C1=O. The van der Waals surface area contributed by atoms with Crippen molar-refractivity contribution in [2.75, 3.05) is 10.6 Å². The Balaban J connectivity index is 1.62. The maximum Gasteiger partial charge on any atom is 0.285 e. The molecule has 40 heavy (non-hydrogen) atoms. The maximum atomic E-state index is 14.7. The number of para-hydroxylation sites is 2. The van der Waals surface area contributed by atoms with Crippen molar-refractivity contribution < 1.29 is 45.9 Å². The zero-order chi connectivity index (χ0) is 29.1. The molecule has 3 N–H and O–H groups in total. The number of halogens is 3. The third-order valence-electron chi connectivity index (χ3n) is 6.19. The lowest BCUT2D eigenvalue weighted by atomic mass is 9.95. The molecular weight excluding hydrogens is 555 g/mol. The number of Topliss-reactive ketones (excluding diaryl/α,β-unsaturated/α-hetero) is 2. The van der Waals surface area contributed by atoms with E-state index >= 15 is 0 Å². The molecule has 0 radical (unpaired) electrons. The standard InChI is InChI=1S/C26H16F3N3O7S/c1-26(37)24(35)32(25(26)36)40(38,39)19-10-12(6-7-16(19)29)21(33)20(22(34)13-8-14(27)11-15(28)9-13)23-30-17-4-2-3-5-18(17)31-23/h2-11,30-31,37H,1H3. The van der Waals surface area contributed by atoms with Gasteiger partial charge in [-0.15, -0.1) is 0 Å². The highest BCUT2D eigenvalue weighted by Crippen LogP contribution is 2.35. The fraction of sp³-hybridized carbons (Fsp3) is 0.0769. The van der Waals surface area contributed by atoms with Crippen molar-refractivity contribution in [2.45, 2.75) is 17.4 Å². The summed E-state index contributed by atoms with van der Waals surface area (Å²) in [4.78, 5) is 50.1. The highest BCUT2D eigenvalue weighted by atomic mass is 32.2. The second-order valence-electron chi connectivity index (χ2n) is 8.96. The van der Waals surface area contributed by atoms with Gasteiger partial charge in [0.2, 0.25) is 17.2 Å². The van der Waals surface area contributed by atoms with Crippen LogP contribution in [0, 0.1) is 17.5 Å². The molecule has 0 unspecified atom stereocenters. The van der Waals surface area contributed by atoms with Gasteiger partial charge in [0.05, 0.1) is 11.4 Å². The van der Waals surface area contributed by atoms with E-state index in [1.807, 2.05) is 0 Å². The molecule has 1 saturated heterocycles. The number of hydrogen-bond donors (Lipinski definition) is 3. The molecule has 0 aromatic heterocycles. The molecule has 2 amide bonds. The molecule has 3 aromatic rings. The second-order valence-corrected chi connectivity index (χ2v) is 10.7. The van der Waals surface area contributed by atoms with E-state index in [4.69, 9.17) is 0 Å². The van der Waals surface area contributed by atoms with Gasteiger partial charge in [-0.25, -0.2) is 21.6 Å². The molecule has 1 fully saturated rings. The normalized spacial score (nSPS) is 15.6. The molecule has 14 heteroatoms. The zero-order valence-corrected chi connectivity index (χ0v) is 21.0.